The highest BCUT2D eigenvalue weighted by Crippen LogP contribution is 2.31. The normalized spacial score (nSPS) is 42.6. The molecule has 0 amide bonds. The summed E-state index contributed by atoms with van der Waals surface area (Å²) < 4.78 is 5.59. The van der Waals surface area contributed by atoms with Crippen LogP contribution in [0.4, 0.5) is 0 Å². The predicted molar refractivity (Wildman–Crippen MR) is 59.9 cm³/mol. The number of ether oxygens (including phenoxy) is 1. The number of hydrogen-bond acceptors (Lipinski definition) is 3. The summed E-state index contributed by atoms with van der Waals surface area (Å²) in [6.07, 6.45) is 5.62. The summed E-state index contributed by atoms with van der Waals surface area (Å²) in [5.41, 5.74) is -0.458. The van der Waals surface area contributed by atoms with E-state index in [1.165, 1.54) is 12.8 Å². The largest absolute Gasteiger partial charge is 0.388 e. The van der Waals surface area contributed by atoms with Crippen molar-refractivity contribution in [2.75, 3.05) is 20.2 Å². The Morgan fingerprint density at radius 1 is 1.53 bits per heavy atom. The van der Waals surface area contributed by atoms with Gasteiger partial charge in [0.15, 0.2) is 0 Å². The van der Waals surface area contributed by atoms with Crippen LogP contribution < -0.4 is 0 Å². The van der Waals surface area contributed by atoms with Crippen LogP contribution in [0, 0.1) is 0 Å². The van der Waals surface area contributed by atoms with Crippen molar-refractivity contribution in [1.82, 2.24) is 4.90 Å². The van der Waals surface area contributed by atoms with Gasteiger partial charge in [-0.2, -0.15) is 0 Å². The van der Waals surface area contributed by atoms with E-state index >= 15 is 0 Å². The van der Waals surface area contributed by atoms with E-state index in [4.69, 9.17) is 4.74 Å². The summed E-state index contributed by atoms with van der Waals surface area (Å²) >= 11 is 0. The maximum absolute atomic E-state index is 10.4. The molecule has 0 saturated carbocycles. The molecule has 88 valence electrons. The summed E-state index contributed by atoms with van der Waals surface area (Å²) in [5.74, 6) is 0. The fraction of sp³-hybridized carbons (Fsp3) is 1.00. The third-order valence-electron chi connectivity index (χ3n) is 3.93. The van der Waals surface area contributed by atoms with E-state index in [-0.39, 0.29) is 0 Å². The highest BCUT2D eigenvalue weighted by Gasteiger charge is 2.38. The molecule has 2 aliphatic rings. The van der Waals surface area contributed by atoms with Crippen molar-refractivity contribution in [3.05, 3.63) is 0 Å². The van der Waals surface area contributed by atoms with Gasteiger partial charge < -0.3 is 14.7 Å². The van der Waals surface area contributed by atoms with Crippen LogP contribution in [0.1, 0.15) is 39.0 Å². The van der Waals surface area contributed by atoms with Crippen LogP contribution in [0.15, 0.2) is 0 Å². The highest BCUT2D eigenvalue weighted by atomic mass is 16.5. The summed E-state index contributed by atoms with van der Waals surface area (Å²) in [6.45, 7) is 3.92. The third kappa shape index (κ3) is 2.71. The number of nitrogens with zero attached hydrogens (tertiary/aromatic N) is 1. The van der Waals surface area contributed by atoms with Gasteiger partial charge in [0.25, 0.3) is 0 Å². The number of aliphatic hydroxyl groups is 1. The molecule has 0 bridgehead atoms. The molecule has 0 radical (unpaired) electrons. The van der Waals surface area contributed by atoms with Crippen LogP contribution in [0.5, 0.6) is 0 Å². The van der Waals surface area contributed by atoms with Crippen LogP contribution in [-0.2, 0) is 4.74 Å². The average molecular weight is 213 g/mol. The van der Waals surface area contributed by atoms with Crippen LogP contribution in [-0.4, -0.2) is 48.0 Å². The Morgan fingerprint density at radius 2 is 2.33 bits per heavy atom. The van der Waals surface area contributed by atoms with Crippen LogP contribution in [0.3, 0.4) is 0 Å². The van der Waals surface area contributed by atoms with E-state index in [9.17, 15) is 5.11 Å². The first kappa shape index (κ1) is 11.4. The summed E-state index contributed by atoms with van der Waals surface area (Å²) in [7, 11) is 2.09. The zero-order chi connectivity index (χ0) is 10.9. The van der Waals surface area contributed by atoms with Gasteiger partial charge in [-0.15, -0.1) is 0 Å². The Bertz CT molecular complexity index is 204. The average Bonchev–Trinajstić information content (AvgIpc) is 2.74. The smallest absolute Gasteiger partial charge is 0.0789 e. The van der Waals surface area contributed by atoms with Crippen molar-refractivity contribution < 1.29 is 9.84 Å². The Labute approximate surface area is 92.4 Å². The minimum atomic E-state index is -0.458. The molecule has 15 heavy (non-hydrogen) atoms. The molecule has 3 atom stereocenters. The first-order valence-corrected chi connectivity index (χ1v) is 6.13. The number of likely N-dealkylation sites (tertiary alicyclic amines) is 1. The van der Waals surface area contributed by atoms with Gasteiger partial charge in [0.1, 0.15) is 0 Å². The van der Waals surface area contributed by atoms with E-state index < -0.39 is 5.60 Å². The SMILES string of the molecule is CC1CC(O)(CCC2CCCO2)CN1C. The molecule has 1 N–H and O–H groups in total. The van der Waals surface area contributed by atoms with Gasteiger partial charge in [0, 0.05) is 19.2 Å². The molecule has 2 saturated heterocycles. The molecular formula is C12H23NO2. The van der Waals surface area contributed by atoms with E-state index in [1.807, 2.05) is 0 Å². The minimum absolute atomic E-state index is 0.412. The van der Waals surface area contributed by atoms with Gasteiger partial charge in [0.2, 0.25) is 0 Å². The number of rotatable bonds is 3. The van der Waals surface area contributed by atoms with Crippen LogP contribution in [0.25, 0.3) is 0 Å². The molecular weight excluding hydrogens is 190 g/mol. The second kappa shape index (κ2) is 4.40. The Kier molecular flexibility index (Phi) is 3.33. The second-order valence-electron chi connectivity index (χ2n) is 5.37. The van der Waals surface area contributed by atoms with Gasteiger partial charge in [0.05, 0.1) is 11.7 Å². The van der Waals surface area contributed by atoms with Gasteiger partial charge in [-0.3, -0.25) is 0 Å². The van der Waals surface area contributed by atoms with Gasteiger partial charge in [-0.25, -0.2) is 0 Å². The molecule has 2 aliphatic heterocycles. The molecule has 0 aromatic carbocycles. The van der Waals surface area contributed by atoms with Crippen molar-refractivity contribution in [3.63, 3.8) is 0 Å². The van der Waals surface area contributed by atoms with Crippen LogP contribution in [0.2, 0.25) is 0 Å². The monoisotopic (exact) mass is 213 g/mol. The van der Waals surface area contributed by atoms with Gasteiger partial charge >= 0.3 is 0 Å². The van der Waals surface area contributed by atoms with E-state index in [2.05, 4.69) is 18.9 Å². The van der Waals surface area contributed by atoms with Gasteiger partial charge in [-0.1, -0.05) is 0 Å². The standard InChI is InChI=1S/C12H23NO2/c1-10-8-12(14,9-13(10)2)6-5-11-4-3-7-15-11/h10-11,14H,3-9H2,1-2H3. The lowest BCUT2D eigenvalue weighted by Crippen LogP contribution is -2.32. The molecule has 3 unspecified atom stereocenters. The molecule has 0 spiro atoms. The second-order valence-corrected chi connectivity index (χ2v) is 5.37. The predicted octanol–water partition coefficient (Wildman–Crippen LogP) is 1.40. The van der Waals surface area contributed by atoms with Crippen molar-refractivity contribution in [1.29, 1.82) is 0 Å². The molecule has 2 fully saturated rings. The Morgan fingerprint density at radius 3 is 2.87 bits per heavy atom. The molecule has 0 aliphatic carbocycles. The quantitative estimate of drug-likeness (QED) is 0.769. The number of likely N-dealkylation sites (N-methyl/N-ethyl adjacent to an activating group) is 1. The van der Waals surface area contributed by atoms with E-state index in [0.717, 1.165) is 32.4 Å². The maximum Gasteiger partial charge on any atom is 0.0789 e. The van der Waals surface area contributed by atoms with E-state index in [1.54, 1.807) is 0 Å². The van der Waals surface area contributed by atoms with Crippen molar-refractivity contribution in [2.24, 2.45) is 0 Å². The molecule has 3 nitrogen and oxygen atoms in total. The lowest BCUT2D eigenvalue weighted by atomic mass is 9.93. The molecule has 0 aromatic heterocycles. The lowest BCUT2D eigenvalue weighted by Gasteiger charge is -2.23. The first-order chi connectivity index (χ1) is 7.09. The van der Waals surface area contributed by atoms with Crippen molar-refractivity contribution >= 4 is 0 Å². The summed E-state index contributed by atoms with van der Waals surface area (Å²) in [6, 6.07) is 0.513. The lowest BCUT2D eigenvalue weighted by molar-refractivity contribution is 0.0195. The molecule has 2 rings (SSSR count). The molecule has 3 heteroatoms. The Hall–Kier alpha value is -0.120. The zero-order valence-electron chi connectivity index (χ0n) is 9.91. The fourth-order valence-electron chi connectivity index (χ4n) is 2.87. The fourth-order valence-corrected chi connectivity index (χ4v) is 2.87. The third-order valence-corrected chi connectivity index (χ3v) is 3.93. The Balaban J connectivity index is 1.78. The zero-order valence-corrected chi connectivity index (χ0v) is 9.91. The number of β-amino-alcohol motifs (C(OH)–C–C–N with tert-alkyl or cyclic N) is 1. The number of hydrogen-bond donors (Lipinski definition) is 1. The summed E-state index contributed by atoms with van der Waals surface area (Å²) in [4.78, 5) is 2.25. The van der Waals surface area contributed by atoms with Gasteiger partial charge in [-0.05, 0) is 46.1 Å². The first-order valence-electron chi connectivity index (χ1n) is 6.13. The van der Waals surface area contributed by atoms with E-state index in [0.29, 0.717) is 12.1 Å². The maximum atomic E-state index is 10.4. The highest BCUT2D eigenvalue weighted by molar-refractivity contribution is 4.93. The minimum Gasteiger partial charge on any atom is -0.388 e. The topological polar surface area (TPSA) is 32.7 Å². The summed E-state index contributed by atoms with van der Waals surface area (Å²) in [5, 5.41) is 10.4. The van der Waals surface area contributed by atoms with Crippen LogP contribution >= 0.6 is 0 Å². The molecule has 2 heterocycles. The van der Waals surface area contributed by atoms with Crippen molar-refractivity contribution in [2.45, 2.75) is 56.8 Å². The van der Waals surface area contributed by atoms with Crippen molar-refractivity contribution in [3.8, 4) is 0 Å². The molecule has 0 aromatic rings.